The van der Waals surface area contributed by atoms with Crippen molar-refractivity contribution >= 4 is 0 Å². The van der Waals surface area contributed by atoms with Gasteiger partial charge in [-0.1, -0.05) is 79.4 Å². The molecule has 2 fully saturated rings. The minimum atomic E-state index is -0.545. The first kappa shape index (κ1) is 21.5. The molecule has 1 aliphatic heterocycles. The summed E-state index contributed by atoms with van der Waals surface area (Å²) in [5.74, 6) is 0.216. The van der Waals surface area contributed by atoms with Crippen LogP contribution in [0.3, 0.4) is 0 Å². The zero-order valence-corrected chi connectivity index (χ0v) is 18.6. The molecule has 3 heteroatoms. The molecule has 1 saturated carbocycles. The Kier molecular flexibility index (Phi) is 7.24. The second kappa shape index (κ2) is 10.1. The lowest BCUT2D eigenvalue weighted by Gasteiger charge is -2.43. The number of benzene rings is 2. The van der Waals surface area contributed by atoms with Crippen molar-refractivity contribution in [2.45, 2.75) is 57.0 Å². The monoisotopic (exact) mass is 406 g/mol. The van der Waals surface area contributed by atoms with E-state index >= 15 is 0 Å². The topological polar surface area (TPSA) is 26.7 Å². The van der Waals surface area contributed by atoms with Crippen molar-refractivity contribution in [3.63, 3.8) is 0 Å². The Morgan fingerprint density at radius 2 is 1.57 bits per heavy atom. The Bertz CT molecular complexity index is 776. The van der Waals surface area contributed by atoms with Crippen LogP contribution in [0.5, 0.6) is 0 Å². The lowest BCUT2D eigenvalue weighted by atomic mass is 9.72. The zero-order chi connectivity index (χ0) is 20.8. The standard InChI is InChI=1S/C27H38N2O/c1-23-9-8-12-25(21-23)26(27(30)14-6-3-7-15-27)22-29-19-17-28(18-20-29)16-13-24-10-4-2-5-11-24/h2,4-5,8-12,21,26,30H,3,6-7,13-20,22H2,1H3. The maximum Gasteiger partial charge on any atom is 0.0728 e. The highest BCUT2D eigenvalue weighted by molar-refractivity contribution is 5.28. The van der Waals surface area contributed by atoms with E-state index in [0.29, 0.717) is 0 Å². The van der Waals surface area contributed by atoms with E-state index in [4.69, 9.17) is 0 Å². The van der Waals surface area contributed by atoms with Gasteiger partial charge in [-0.2, -0.15) is 0 Å². The van der Waals surface area contributed by atoms with Crippen molar-refractivity contribution in [3.8, 4) is 0 Å². The minimum absolute atomic E-state index is 0.216. The second-order valence-corrected chi connectivity index (χ2v) is 9.51. The summed E-state index contributed by atoms with van der Waals surface area (Å²) in [5.41, 5.74) is 3.50. The third kappa shape index (κ3) is 5.51. The predicted octanol–water partition coefficient (Wildman–Crippen LogP) is 4.63. The van der Waals surface area contributed by atoms with Crippen molar-refractivity contribution in [2.24, 2.45) is 0 Å². The molecule has 3 nitrogen and oxygen atoms in total. The van der Waals surface area contributed by atoms with Gasteiger partial charge in [0.15, 0.2) is 0 Å². The first-order chi connectivity index (χ1) is 14.6. The second-order valence-electron chi connectivity index (χ2n) is 9.51. The van der Waals surface area contributed by atoms with Gasteiger partial charge in [0.05, 0.1) is 5.60 Å². The molecule has 0 aromatic heterocycles. The fourth-order valence-electron chi connectivity index (χ4n) is 5.37. The van der Waals surface area contributed by atoms with Gasteiger partial charge >= 0.3 is 0 Å². The quantitative estimate of drug-likeness (QED) is 0.726. The molecule has 30 heavy (non-hydrogen) atoms. The number of hydrogen-bond acceptors (Lipinski definition) is 3. The van der Waals surface area contributed by atoms with E-state index < -0.39 is 5.60 Å². The van der Waals surface area contributed by atoms with Crippen LogP contribution in [0.1, 0.15) is 54.7 Å². The molecule has 1 saturated heterocycles. The van der Waals surface area contributed by atoms with Gasteiger partial charge in [0.1, 0.15) is 0 Å². The number of rotatable bonds is 7. The van der Waals surface area contributed by atoms with Crippen molar-refractivity contribution in [1.82, 2.24) is 9.80 Å². The molecule has 0 spiro atoms. The van der Waals surface area contributed by atoms with Gasteiger partial charge in [-0.05, 0) is 37.3 Å². The number of hydrogen-bond donors (Lipinski definition) is 1. The smallest absolute Gasteiger partial charge is 0.0728 e. The van der Waals surface area contributed by atoms with E-state index in [2.05, 4.69) is 71.3 Å². The van der Waals surface area contributed by atoms with E-state index in [9.17, 15) is 5.11 Å². The maximum absolute atomic E-state index is 11.6. The highest BCUT2D eigenvalue weighted by atomic mass is 16.3. The van der Waals surface area contributed by atoms with Crippen LogP contribution in [0, 0.1) is 6.92 Å². The molecular weight excluding hydrogens is 368 g/mol. The maximum atomic E-state index is 11.6. The highest BCUT2D eigenvalue weighted by Crippen LogP contribution is 2.40. The molecule has 0 radical (unpaired) electrons. The summed E-state index contributed by atoms with van der Waals surface area (Å²) in [6, 6.07) is 19.7. The van der Waals surface area contributed by atoms with Crippen LogP contribution in [-0.4, -0.2) is 59.8 Å². The Balaban J connectivity index is 1.36. The van der Waals surface area contributed by atoms with E-state index in [-0.39, 0.29) is 5.92 Å². The Labute approximate surface area is 182 Å². The first-order valence-corrected chi connectivity index (χ1v) is 11.9. The Morgan fingerprint density at radius 3 is 2.27 bits per heavy atom. The van der Waals surface area contributed by atoms with Crippen LogP contribution >= 0.6 is 0 Å². The summed E-state index contributed by atoms with van der Waals surface area (Å²) < 4.78 is 0. The third-order valence-electron chi connectivity index (χ3n) is 7.28. The summed E-state index contributed by atoms with van der Waals surface area (Å²) in [4.78, 5) is 5.19. The predicted molar refractivity (Wildman–Crippen MR) is 125 cm³/mol. The van der Waals surface area contributed by atoms with Crippen LogP contribution in [0.15, 0.2) is 54.6 Å². The van der Waals surface area contributed by atoms with Crippen molar-refractivity contribution in [2.75, 3.05) is 39.3 Å². The van der Waals surface area contributed by atoms with E-state index in [0.717, 1.165) is 71.4 Å². The summed E-state index contributed by atoms with van der Waals surface area (Å²) >= 11 is 0. The average Bonchev–Trinajstić information content (AvgIpc) is 2.78. The van der Waals surface area contributed by atoms with E-state index in [1.54, 1.807) is 0 Å². The number of nitrogens with zero attached hydrogens (tertiary/aromatic N) is 2. The third-order valence-corrected chi connectivity index (χ3v) is 7.28. The normalized spacial score (nSPS) is 21.4. The summed E-state index contributed by atoms with van der Waals surface area (Å²) in [5, 5.41) is 11.6. The average molecular weight is 407 g/mol. The molecule has 2 aromatic carbocycles. The van der Waals surface area contributed by atoms with Crippen LogP contribution < -0.4 is 0 Å². The van der Waals surface area contributed by atoms with Gasteiger partial charge in [-0.15, -0.1) is 0 Å². The van der Waals surface area contributed by atoms with Gasteiger partial charge in [0.25, 0.3) is 0 Å². The van der Waals surface area contributed by atoms with E-state index in [1.807, 2.05) is 0 Å². The zero-order valence-electron chi connectivity index (χ0n) is 18.6. The SMILES string of the molecule is Cc1cccc(C(CN2CCN(CCc3ccccc3)CC2)C2(O)CCCCC2)c1. The molecule has 4 rings (SSSR count). The molecule has 0 bridgehead atoms. The van der Waals surface area contributed by atoms with Crippen LogP contribution in [-0.2, 0) is 6.42 Å². The summed E-state index contributed by atoms with van der Waals surface area (Å²) in [6.45, 7) is 8.75. The van der Waals surface area contributed by atoms with Crippen LogP contribution in [0.25, 0.3) is 0 Å². The molecule has 1 unspecified atom stereocenters. The van der Waals surface area contributed by atoms with Gasteiger partial charge < -0.3 is 14.9 Å². The fourth-order valence-corrected chi connectivity index (χ4v) is 5.37. The summed E-state index contributed by atoms with van der Waals surface area (Å²) in [6.07, 6.45) is 6.61. The Morgan fingerprint density at radius 1 is 0.867 bits per heavy atom. The van der Waals surface area contributed by atoms with Gasteiger partial charge in [-0.3, -0.25) is 0 Å². The number of aryl methyl sites for hydroxylation is 1. The highest BCUT2D eigenvalue weighted by Gasteiger charge is 2.39. The minimum Gasteiger partial charge on any atom is -0.389 e. The molecule has 1 aliphatic carbocycles. The molecule has 1 heterocycles. The molecule has 1 atom stereocenters. The first-order valence-electron chi connectivity index (χ1n) is 11.9. The molecule has 2 aliphatic rings. The molecule has 2 aromatic rings. The van der Waals surface area contributed by atoms with Gasteiger partial charge in [0.2, 0.25) is 0 Å². The van der Waals surface area contributed by atoms with Crippen molar-refractivity contribution in [1.29, 1.82) is 0 Å². The van der Waals surface area contributed by atoms with Gasteiger partial charge in [-0.25, -0.2) is 0 Å². The number of piperazine rings is 1. The molecular formula is C27H38N2O. The molecule has 0 amide bonds. The van der Waals surface area contributed by atoms with Crippen LogP contribution in [0.2, 0.25) is 0 Å². The van der Waals surface area contributed by atoms with Crippen molar-refractivity contribution < 1.29 is 5.11 Å². The summed E-state index contributed by atoms with van der Waals surface area (Å²) in [7, 11) is 0. The van der Waals surface area contributed by atoms with Crippen molar-refractivity contribution in [3.05, 3.63) is 71.3 Å². The molecule has 162 valence electrons. The van der Waals surface area contributed by atoms with E-state index in [1.165, 1.54) is 23.1 Å². The lowest BCUT2D eigenvalue weighted by Crippen LogP contribution is -2.51. The Hall–Kier alpha value is -1.68. The molecule has 1 N–H and O–H groups in total. The fraction of sp³-hybridized carbons (Fsp3) is 0.556. The largest absolute Gasteiger partial charge is 0.389 e. The lowest BCUT2D eigenvalue weighted by molar-refractivity contribution is -0.0342. The number of aliphatic hydroxyl groups is 1. The van der Waals surface area contributed by atoms with Crippen LogP contribution in [0.4, 0.5) is 0 Å². The van der Waals surface area contributed by atoms with Gasteiger partial charge in [0, 0.05) is 45.2 Å².